The fourth-order valence-corrected chi connectivity index (χ4v) is 3.15. The Labute approximate surface area is 119 Å². The predicted molar refractivity (Wildman–Crippen MR) is 80.3 cm³/mol. The Hall–Kier alpha value is -1.84. The number of anilines is 1. The van der Waals surface area contributed by atoms with Gasteiger partial charge >= 0.3 is 0 Å². The second kappa shape index (κ2) is 5.27. The summed E-state index contributed by atoms with van der Waals surface area (Å²) in [6, 6.07) is 8.07. The average molecular weight is 271 g/mol. The Bertz CT molecular complexity index is 529. The molecule has 0 aromatic heterocycles. The topological polar surface area (TPSA) is 58.7 Å². The molecule has 0 saturated heterocycles. The molecule has 0 bridgehead atoms. The molecular weight excluding hydrogens is 250 g/mol. The van der Waals surface area contributed by atoms with Gasteiger partial charge in [-0.3, -0.25) is 4.79 Å². The van der Waals surface area contributed by atoms with Crippen LogP contribution in [0.25, 0.3) is 0 Å². The van der Waals surface area contributed by atoms with E-state index in [0.717, 1.165) is 29.8 Å². The summed E-state index contributed by atoms with van der Waals surface area (Å²) < 4.78 is 0. The van der Waals surface area contributed by atoms with Crippen LogP contribution in [0.5, 0.6) is 0 Å². The van der Waals surface area contributed by atoms with Gasteiger partial charge in [0.25, 0.3) is 0 Å². The van der Waals surface area contributed by atoms with E-state index < -0.39 is 0 Å². The van der Waals surface area contributed by atoms with Gasteiger partial charge in [0.15, 0.2) is 0 Å². The Kier molecular flexibility index (Phi) is 3.47. The van der Waals surface area contributed by atoms with Crippen LogP contribution in [0.2, 0.25) is 0 Å². The monoisotopic (exact) mass is 271 g/mol. The Balaban J connectivity index is 1.92. The molecule has 1 aromatic rings. The highest BCUT2D eigenvalue weighted by molar-refractivity contribution is 6.05. The lowest BCUT2D eigenvalue weighted by molar-refractivity contribution is -0.134. The van der Waals surface area contributed by atoms with E-state index in [0.29, 0.717) is 12.5 Å². The summed E-state index contributed by atoms with van der Waals surface area (Å²) in [6.45, 7) is 2.07. The molecule has 3 rings (SSSR count). The van der Waals surface area contributed by atoms with Gasteiger partial charge < -0.3 is 5.73 Å². The number of amides is 1. The highest BCUT2D eigenvalue weighted by Crippen LogP contribution is 2.29. The molecule has 1 atom stereocenters. The second-order valence-electron chi connectivity index (χ2n) is 5.89. The van der Waals surface area contributed by atoms with Crippen molar-refractivity contribution in [3.05, 3.63) is 29.8 Å². The van der Waals surface area contributed by atoms with Crippen LogP contribution >= 0.6 is 0 Å². The number of rotatable bonds is 2. The van der Waals surface area contributed by atoms with Crippen LogP contribution in [0.3, 0.4) is 0 Å². The molecule has 4 heteroatoms. The molecule has 1 aromatic carbocycles. The molecular formula is C16H21N3O. The molecule has 2 N–H and O–H groups in total. The molecule has 0 spiro atoms. The molecule has 1 amide bonds. The maximum Gasteiger partial charge on any atom is 0.243 e. The Morgan fingerprint density at radius 3 is 2.50 bits per heavy atom. The number of hydrogen-bond donors (Lipinski definition) is 1. The number of carbonyl (C=O) groups is 1. The largest absolute Gasteiger partial charge is 0.399 e. The van der Waals surface area contributed by atoms with Crippen molar-refractivity contribution in [2.75, 3.05) is 5.73 Å². The van der Waals surface area contributed by atoms with Crippen molar-refractivity contribution < 1.29 is 4.79 Å². The van der Waals surface area contributed by atoms with Gasteiger partial charge in [-0.1, -0.05) is 31.9 Å². The van der Waals surface area contributed by atoms with Crippen molar-refractivity contribution in [1.29, 1.82) is 0 Å². The number of hydrogen-bond acceptors (Lipinski definition) is 3. The fraction of sp³-hybridized carbons (Fsp3) is 0.500. The SMILES string of the molecule is CC1CC(=O)N(C2CCCC2)N=C1c1ccc(N)cc1. The molecule has 1 fully saturated rings. The Morgan fingerprint density at radius 1 is 1.20 bits per heavy atom. The molecule has 0 radical (unpaired) electrons. The summed E-state index contributed by atoms with van der Waals surface area (Å²) in [7, 11) is 0. The lowest BCUT2D eigenvalue weighted by Gasteiger charge is -2.31. The lowest BCUT2D eigenvalue weighted by Crippen LogP contribution is -2.41. The van der Waals surface area contributed by atoms with Gasteiger partial charge in [-0.15, -0.1) is 0 Å². The van der Waals surface area contributed by atoms with Crippen molar-refractivity contribution in [3.63, 3.8) is 0 Å². The first-order valence-corrected chi connectivity index (χ1v) is 7.41. The summed E-state index contributed by atoms with van der Waals surface area (Å²) in [5.41, 5.74) is 8.57. The van der Waals surface area contributed by atoms with Crippen molar-refractivity contribution >= 4 is 17.3 Å². The maximum absolute atomic E-state index is 12.2. The molecule has 1 unspecified atom stereocenters. The Morgan fingerprint density at radius 2 is 1.85 bits per heavy atom. The number of benzene rings is 1. The standard InChI is InChI=1S/C16H21N3O/c1-11-10-15(20)19(14-4-2-3-5-14)18-16(11)12-6-8-13(17)9-7-12/h6-9,11,14H,2-5,10,17H2,1H3. The molecule has 1 heterocycles. The summed E-state index contributed by atoms with van der Waals surface area (Å²) in [5.74, 6) is 0.340. The van der Waals surface area contributed by atoms with Crippen molar-refractivity contribution in [2.45, 2.75) is 45.1 Å². The van der Waals surface area contributed by atoms with E-state index in [-0.39, 0.29) is 11.8 Å². The normalized spacial score (nSPS) is 24.1. The van der Waals surface area contributed by atoms with Crippen LogP contribution in [0.15, 0.2) is 29.4 Å². The minimum absolute atomic E-state index is 0.170. The summed E-state index contributed by atoms with van der Waals surface area (Å²) >= 11 is 0. The summed E-state index contributed by atoms with van der Waals surface area (Å²) in [5, 5.41) is 6.43. The van der Waals surface area contributed by atoms with Gasteiger partial charge in [0.2, 0.25) is 5.91 Å². The van der Waals surface area contributed by atoms with Crippen LogP contribution in [0.4, 0.5) is 5.69 Å². The number of carbonyl (C=O) groups excluding carboxylic acids is 1. The highest BCUT2D eigenvalue weighted by atomic mass is 16.2. The summed E-state index contributed by atoms with van der Waals surface area (Å²) in [6.07, 6.45) is 5.13. The zero-order valence-electron chi connectivity index (χ0n) is 11.9. The predicted octanol–water partition coefficient (Wildman–Crippen LogP) is 2.78. The van der Waals surface area contributed by atoms with E-state index in [2.05, 4.69) is 12.0 Å². The van der Waals surface area contributed by atoms with Crippen molar-refractivity contribution in [3.8, 4) is 0 Å². The number of nitrogens with zero attached hydrogens (tertiary/aromatic N) is 2. The van der Waals surface area contributed by atoms with E-state index in [4.69, 9.17) is 5.73 Å². The maximum atomic E-state index is 12.2. The third kappa shape index (κ3) is 2.42. The first kappa shape index (κ1) is 13.2. The minimum Gasteiger partial charge on any atom is -0.399 e. The lowest BCUT2D eigenvalue weighted by atomic mass is 9.93. The quantitative estimate of drug-likeness (QED) is 0.841. The van der Waals surface area contributed by atoms with Crippen molar-refractivity contribution in [1.82, 2.24) is 5.01 Å². The van der Waals surface area contributed by atoms with E-state index in [1.54, 1.807) is 5.01 Å². The first-order valence-electron chi connectivity index (χ1n) is 7.41. The molecule has 1 saturated carbocycles. The molecule has 1 aliphatic heterocycles. The molecule has 106 valence electrons. The van der Waals surface area contributed by atoms with E-state index >= 15 is 0 Å². The van der Waals surface area contributed by atoms with Crippen LogP contribution in [0.1, 0.15) is 44.6 Å². The summed E-state index contributed by atoms with van der Waals surface area (Å²) in [4.78, 5) is 12.2. The second-order valence-corrected chi connectivity index (χ2v) is 5.89. The third-order valence-electron chi connectivity index (χ3n) is 4.30. The van der Waals surface area contributed by atoms with Gasteiger partial charge in [0, 0.05) is 18.0 Å². The fourth-order valence-electron chi connectivity index (χ4n) is 3.15. The average Bonchev–Trinajstić information content (AvgIpc) is 2.94. The number of nitrogens with two attached hydrogens (primary N) is 1. The van der Waals surface area contributed by atoms with E-state index in [1.807, 2.05) is 24.3 Å². The van der Waals surface area contributed by atoms with Crippen LogP contribution in [-0.4, -0.2) is 22.7 Å². The van der Waals surface area contributed by atoms with Crippen LogP contribution < -0.4 is 5.73 Å². The van der Waals surface area contributed by atoms with E-state index in [1.165, 1.54) is 12.8 Å². The van der Waals surface area contributed by atoms with Gasteiger partial charge in [0.05, 0.1) is 11.8 Å². The zero-order valence-corrected chi connectivity index (χ0v) is 11.9. The minimum atomic E-state index is 0.170. The third-order valence-corrected chi connectivity index (χ3v) is 4.30. The van der Waals surface area contributed by atoms with Crippen molar-refractivity contribution in [2.24, 2.45) is 11.0 Å². The van der Waals surface area contributed by atoms with Gasteiger partial charge in [-0.05, 0) is 30.5 Å². The first-order chi connectivity index (χ1) is 9.65. The zero-order chi connectivity index (χ0) is 14.1. The highest BCUT2D eigenvalue weighted by Gasteiger charge is 2.33. The number of nitrogen functional groups attached to an aromatic ring is 1. The number of hydrazone groups is 1. The molecule has 2 aliphatic rings. The smallest absolute Gasteiger partial charge is 0.243 e. The van der Waals surface area contributed by atoms with E-state index in [9.17, 15) is 4.79 Å². The van der Waals surface area contributed by atoms with Gasteiger partial charge in [-0.2, -0.15) is 5.10 Å². The molecule has 1 aliphatic carbocycles. The van der Waals surface area contributed by atoms with Crippen LogP contribution in [0, 0.1) is 5.92 Å². The van der Waals surface area contributed by atoms with Crippen LogP contribution in [-0.2, 0) is 4.79 Å². The van der Waals surface area contributed by atoms with Gasteiger partial charge in [0.1, 0.15) is 0 Å². The molecule has 20 heavy (non-hydrogen) atoms. The van der Waals surface area contributed by atoms with Gasteiger partial charge in [-0.25, -0.2) is 5.01 Å². The molecule has 4 nitrogen and oxygen atoms in total.